The van der Waals surface area contributed by atoms with Crippen molar-refractivity contribution in [2.24, 2.45) is 0 Å². The maximum absolute atomic E-state index is 6.87. The molecule has 2 aromatic heterocycles. The van der Waals surface area contributed by atoms with E-state index >= 15 is 0 Å². The number of hydrogen-bond donors (Lipinski definition) is 0. The second-order valence-electron chi connectivity index (χ2n) is 19.5. The number of rotatable bonds is 1. The third-order valence-corrected chi connectivity index (χ3v) is 13.0. The van der Waals surface area contributed by atoms with Gasteiger partial charge in [0.1, 0.15) is 17.9 Å². The van der Waals surface area contributed by atoms with Crippen LogP contribution in [0, 0.1) is 0 Å². The van der Waals surface area contributed by atoms with Gasteiger partial charge in [0.15, 0.2) is 0 Å². The minimum Gasteiger partial charge on any atom is -0.440 e. The quantitative estimate of drug-likeness (QED) is 0.162. The highest BCUT2D eigenvalue weighted by Crippen LogP contribution is 2.50. The van der Waals surface area contributed by atoms with Crippen LogP contribution in [-0.4, -0.2) is 16.7 Å². The molecule has 0 unspecified atom stereocenters. The Morgan fingerprint density at radius 2 is 1.32 bits per heavy atom. The average Bonchev–Trinajstić information content (AvgIpc) is 3.40. The first-order valence-corrected chi connectivity index (χ1v) is 19.2. The first-order chi connectivity index (χ1) is 23.1. The lowest BCUT2D eigenvalue weighted by molar-refractivity contribution is 0.330. The van der Waals surface area contributed by atoms with Crippen LogP contribution < -0.4 is 25.3 Å². The lowest BCUT2D eigenvalue weighted by Crippen LogP contribution is -2.59. The van der Waals surface area contributed by atoms with E-state index in [9.17, 15) is 0 Å². The third-order valence-electron chi connectivity index (χ3n) is 11.8. The lowest BCUT2D eigenvalue weighted by Gasteiger charge is -2.43. The number of benzene rings is 3. The summed E-state index contributed by atoms with van der Waals surface area (Å²) in [5.41, 5.74) is 11.6. The van der Waals surface area contributed by atoms with Gasteiger partial charge >= 0.3 is 0 Å². The number of aromatic nitrogens is 2. The summed E-state index contributed by atoms with van der Waals surface area (Å²) in [4.78, 5) is 12.5. The van der Waals surface area contributed by atoms with Crippen molar-refractivity contribution in [2.45, 2.75) is 130 Å². The molecule has 0 saturated carbocycles. The molecule has 4 heterocycles. The fourth-order valence-electron chi connectivity index (χ4n) is 8.30. The van der Waals surface area contributed by atoms with Crippen LogP contribution in [0.15, 0.2) is 54.9 Å². The van der Waals surface area contributed by atoms with Crippen molar-refractivity contribution in [3.8, 4) is 11.6 Å². The Kier molecular flexibility index (Phi) is 7.01. The minimum atomic E-state index is -0.0277. The normalized spacial score (nSPS) is 17.5. The van der Waals surface area contributed by atoms with Gasteiger partial charge in [-0.3, -0.25) is 4.90 Å². The number of thiophene rings is 1. The number of nitrogens with zero attached hydrogens (tertiary/aromatic N) is 3. The van der Waals surface area contributed by atoms with Crippen LogP contribution in [0.2, 0.25) is 0 Å². The van der Waals surface area contributed by atoms with Crippen LogP contribution in [0.1, 0.15) is 131 Å². The number of hydrogen-bond acceptors (Lipinski definition) is 5. The molecule has 0 radical (unpaired) electrons. The van der Waals surface area contributed by atoms with Gasteiger partial charge in [-0.25, -0.2) is 9.97 Å². The third kappa shape index (κ3) is 5.06. The van der Waals surface area contributed by atoms with Gasteiger partial charge in [0.2, 0.25) is 5.88 Å². The highest BCUT2D eigenvalue weighted by Gasteiger charge is 2.48. The highest BCUT2D eigenvalue weighted by atomic mass is 32.1. The molecule has 6 heteroatoms. The van der Waals surface area contributed by atoms with E-state index in [1.54, 1.807) is 6.33 Å². The molecule has 8 rings (SSSR count). The van der Waals surface area contributed by atoms with E-state index in [2.05, 4.69) is 143 Å². The molecule has 0 saturated heterocycles. The molecular weight excluding hydrogens is 629 g/mol. The van der Waals surface area contributed by atoms with Crippen LogP contribution in [0.25, 0.3) is 10.1 Å². The number of fused-ring (bicyclic) bond motifs is 7. The summed E-state index contributed by atoms with van der Waals surface area (Å²) in [6.07, 6.45) is 4.03. The van der Waals surface area contributed by atoms with E-state index in [4.69, 9.17) is 14.7 Å². The topological polar surface area (TPSA) is 38.2 Å². The van der Waals surface area contributed by atoms with Crippen molar-refractivity contribution in [1.82, 2.24) is 9.97 Å². The molecule has 5 aromatic rings. The SMILES string of the molecule is CC(C)(C)c1cc(N2c3ncnc4c3B(c3cc5c(cc3O4)C(C)(C)CCC5(C)C)c3sc4ccc(C(C)(C)C)cc4c32)cc(C(C)(C)C)c1. The van der Waals surface area contributed by atoms with Crippen LogP contribution >= 0.6 is 11.3 Å². The standard InChI is InChI=1S/C44H52BN3OS/c1-40(2,3)25-14-15-34-29(21-25)36-37(50-34)45-32-22-30-31(44(12,13)17-16-43(30,10)11)23-33(32)49-39-35(45)38(46-24-47-39)48(36)28-19-26(41(4,5)6)18-27(20-28)42(7,8)9/h14-15,18-24H,16-17H2,1-13H3. The maximum Gasteiger partial charge on any atom is 0.273 e. The second kappa shape index (κ2) is 10.5. The van der Waals surface area contributed by atoms with Gasteiger partial charge in [-0.1, -0.05) is 108 Å². The van der Waals surface area contributed by atoms with Crippen molar-refractivity contribution >= 4 is 61.0 Å². The van der Waals surface area contributed by atoms with E-state index < -0.39 is 0 Å². The second-order valence-corrected chi connectivity index (χ2v) is 20.6. The molecule has 0 spiro atoms. The molecule has 3 aliphatic rings. The zero-order valence-corrected chi connectivity index (χ0v) is 33.2. The Bertz CT molecular complexity index is 2190. The van der Waals surface area contributed by atoms with Crippen molar-refractivity contribution in [3.05, 3.63) is 82.7 Å². The van der Waals surface area contributed by atoms with E-state index in [1.807, 2.05) is 11.3 Å². The van der Waals surface area contributed by atoms with Gasteiger partial charge in [-0.15, -0.1) is 11.3 Å². The molecule has 0 N–H and O–H groups in total. The molecule has 1 aliphatic carbocycles. The predicted molar refractivity (Wildman–Crippen MR) is 215 cm³/mol. The summed E-state index contributed by atoms with van der Waals surface area (Å²) in [6, 6.07) is 19.2. The highest BCUT2D eigenvalue weighted by molar-refractivity contribution is 7.33. The van der Waals surface area contributed by atoms with Gasteiger partial charge in [0, 0.05) is 26.0 Å². The molecule has 4 nitrogen and oxygen atoms in total. The Hall–Kier alpha value is -3.64. The fourth-order valence-corrected chi connectivity index (χ4v) is 9.60. The summed E-state index contributed by atoms with van der Waals surface area (Å²) >= 11 is 1.92. The van der Waals surface area contributed by atoms with Crippen molar-refractivity contribution in [2.75, 3.05) is 4.90 Å². The van der Waals surface area contributed by atoms with Crippen LogP contribution in [-0.2, 0) is 27.1 Å². The van der Waals surface area contributed by atoms with Gasteiger partial charge in [-0.2, -0.15) is 0 Å². The van der Waals surface area contributed by atoms with Gasteiger partial charge in [0.25, 0.3) is 6.71 Å². The van der Waals surface area contributed by atoms with Crippen LogP contribution in [0.3, 0.4) is 0 Å². The Morgan fingerprint density at radius 3 is 1.92 bits per heavy atom. The molecule has 0 fully saturated rings. The average molecular weight is 682 g/mol. The number of anilines is 3. The Balaban J connectivity index is 1.47. The van der Waals surface area contributed by atoms with E-state index in [0.29, 0.717) is 5.88 Å². The Labute approximate surface area is 303 Å². The van der Waals surface area contributed by atoms with Crippen LogP contribution in [0.4, 0.5) is 17.2 Å². The fraction of sp³-hybridized carbons (Fsp3) is 0.455. The lowest BCUT2D eigenvalue weighted by atomic mass is 9.37. The van der Waals surface area contributed by atoms with E-state index in [1.165, 1.54) is 60.3 Å². The van der Waals surface area contributed by atoms with Gasteiger partial charge in [-0.05, 0) is 104 Å². The van der Waals surface area contributed by atoms with Gasteiger partial charge < -0.3 is 4.74 Å². The first kappa shape index (κ1) is 33.5. The molecule has 258 valence electrons. The molecule has 0 bridgehead atoms. The summed E-state index contributed by atoms with van der Waals surface area (Å²) in [7, 11) is 0. The van der Waals surface area contributed by atoms with E-state index in [-0.39, 0.29) is 33.8 Å². The minimum absolute atomic E-state index is 0.0179. The summed E-state index contributed by atoms with van der Waals surface area (Å²) in [5.74, 6) is 2.53. The monoisotopic (exact) mass is 681 g/mol. The van der Waals surface area contributed by atoms with Crippen molar-refractivity contribution in [1.29, 1.82) is 0 Å². The molecule has 2 aliphatic heterocycles. The zero-order chi connectivity index (χ0) is 35.9. The molecule has 0 atom stereocenters. The van der Waals surface area contributed by atoms with Crippen molar-refractivity contribution < 1.29 is 4.74 Å². The smallest absolute Gasteiger partial charge is 0.273 e. The van der Waals surface area contributed by atoms with Crippen LogP contribution in [0.5, 0.6) is 11.6 Å². The molecule has 0 amide bonds. The molecular formula is C44H52BN3OS. The molecule has 3 aromatic carbocycles. The first-order valence-electron chi connectivity index (χ1n) is 18.4. The zero-order valence-electron chi connectivity index (χ0n) is 32.3. The Morgan fingerprint density at radius 1 is 0.720 bits per heavy atom. The predicted octanol–water partition coefficient (Wildman–Crippen LogP) is 10.3. The molecule has 50 heavy (non-hydrogen) atoms. The maximum atomic E-state index is 6.87. The van der Waals surface area contributed by atoms with Crippen molar-refractivity contribution in [3.63, 3.8) is 0 Å². The van der Waals surface area contributed by atoms with Gasteiger partial charge in [0.05, 0.1) is 5.69 Å². The largest absolute Gasteiger partial charge is 0.440 e. The van der Waals surface area contributed by atoms with E-state index in [0.717, 1.165) is 29.1 Å². The summed E-state index contributed by atoms with van der Waals surface area (Å²) < 4.78 is 9.51. The summed E-state index contributed by atoms with van der Waals surface area (Å²) in [6.45, 7) is 30.4. The number of ether oxygens (including phenoxy) is 1. The summed E-state index contributed by atoms with van der Waals surface area (Å²) in [5, 5.41) is 1.29.